The molecule has 7 heteroatoms. The van der Waals surface area contributed by atoms with E-state index >= 15 is 0 Å². The normalized spacial score (nSPS) is 10.9. The fraction of sp³-hybridized carbons (Fsp3) is 0.133. The highest BCUT2D eigenvalue weighted by molar-refractivity contribution is 5.89. The van der Waals surface area contributed by atoms with E-state index in [1.807, 2.05) is 0 Å². The molecule has 0 bridgehead atoms. The highest BCUT2D eigenvalue weighted by Gasteiger charge is 2.31. The smallest absolute Gasteiger partial charge is 0.405 e. The maximum atomic E-state index is 12.3. The zero-order valence-electron chi connectivity index (χ0n) is 11.4. The third-order valence-corrected chi connectivity index (χ3v) is 2.67. The molecule has 0 aliphatic heterocycles. The summed E-state index contributed by atoms with van der Waals surface area (Å²) >= 11 is 0. The molecule has 2 aromatic rings. The van der Waals surface area contributed by atoms with Crippen LogP contribution < -0.4 is 15.4 Å². The molecule has 4 nitrogen and oxygen atoms in total. The number of carbonyl (C=O) groups is 1. The molecule has 2 rings (SSSR count). The van der Waals surface area contributed by atoms with E-state index in [0.29, 0.717) is 5.69 Å². The lowest BCUT2D eigenvalue weighted by Gasteiger charge is -2.14. The van der Waals surface area contributed by atoms with Gasteiger partial charge in [-0.05, 0) is 18.2 Å². The van der Waals surface area contributed by atoms with Crippen molar-refractivity contribution in [2.45, 2.75) is 12.9 Å². The van der Waals surface area contributed by atoms with Crippen molar-refractivity contribution in [1.82, 2.24) is 5.32 Å². The number of urea groups is 1. The molecule has 0 atom stereocenters. The summed E-state index contributed by atoms with van der Waals surface area (Å²) in [5.41, 5.74) is 0.808. The van der Waals surface area contributed by atoms with Gasteiger partial charge in [-0.15, -0.1) is 13.2 Å². The summed E-state index contributed by atoms with van der Waals surface area (Å²) in [4.78, 5) is 11.7. The predicted molar refractivity (Wildman–Crippen MR) is 75.4 cm³/mol. The summed E-state index contributed by atoms with van der Waals surface area (Å²) in [5, 5.41) is 5.04. The van der Waals surface area contributed by atoms with Crippen molar-refractivity contribution in [3.8, 4) is 5.75 Å². The van der Waals surface area contributed by atoms with Crippen LogP contribution in [0.4, 0.5) is 23.7 Å². The van der Waals surface area contributed by atoms with Crippen LogP contribution in [-0.2, 0) is 6.54 Å². The Bertz CT molecular complexity index is 630. The minimum absolute atomic E-state index is 0.0923. The van der Waals surface area contributed by atoms with Crippen LogP contribution >= 0.6 is 0 Å². The van der Waals surface area contributed by atoms with Crippen LogP contribution in [0.1, 0.15) is 5.56 Å². The van der Waals surface area contributed by atoms with Gasteiger partial charge in [0.25, 0.3) is 0 Å². The monoisotopic (exact) mass is 310 g/mol. The number of halogens is 3. The number of nitrogens with one attached hydrogen (secondary N) is 2. The molecule has 0 aliphatic carbocycles. The number of alkyl halides is 3. The van der Waals surface area contributed by atoms with Crippen molar-refractivity contribution >= 4 is 11.7 Å². The standard InChI is InChI=1S/C15H13F3N2O2/c16-15(17,18)22-13-9-5-4-6-11(13)10-19-14(21)20-12-7-2-1-3-8-12/h1-9H,10H2,(H2,19,20,21). The van der Waals surface area contributed by atoms with E-state index in [2.05, 4.69) is 15.4 Å². The zero-order chi connectivity index (χ0) is 16.0. The van der Waals surface area contributed by atoms with Gasteiger partial charge in [0.2, 0.25) is 0 Å². The van der Waals surface area contributed by atoms with Gasteiger partial charge in [0.15, 0.2) is 0 Å². The number of ether oxygens (including phenoxy) is 1. The van der Waals surface area contributed by atoms with E-state index in [4.69, 9.17) is 0 Å². The van der Waals surface area contributed by atoms with Crippen molar-refractivity contribution in [2.75, 3.05) is 5.32 Å². The van der Waals surface area contributed by atoms with E-state index in [0.717, 1.165) is 0 Å². The Labute approximate surface area is 124 Å². The molecule has 0 aromatic heterocycles. The number of carbonyl (C=O) groups excluding carboxylic acids is 1. The number of benzene rings is 2. The van der Waals surface area contributed by atoms with Gasteiger partial charge in [-0.1, -0.05) is 36.4 Å². The highest BCUT2D eigenvalue weighted by Crippen LogP contribution is 2.26. The Hall–Kier alpha value is -2.70. The summed E-state index contributed by atoms with van der Waals surface area (Å²) in [6, 6.07) is 13.8. The summed E-state index contributed by atoms with van der Waals surface area (Å²) in [6.07, 6.45) is -4.78. The van der Waals surface area contributed by atoms with Crippen LogP contribution in [0.5, 0.6) is 5.75 Å². The van der Waals surface area contributed by atoms with Gasteiger partial charge in [0.1, 0.15) is 5.75 Å². The first-order valence-electron chi connectivity index (χ1n) is 6.37. The Morgan fingerprint density at radius 3 is 2.32 bits per heavy atom. The van der Waals surface area contributed by atoms with E-state index in [9.17, 15) is 18.0 Å². The Kier molecular flexibility index (Phi) is 4.88. The summed E-state index contributed by atoms with van der Waals surface area (Å²) in [6.45, 7) is -0.0923. The van der Waals surface area contributed by atoms with Crippen molar-refractivity contribution in [1.29, 1.82) is 0 Å². The first-order valence-corrected chi connectivity index (χ1v) is 6.37. The van der Waals surface area contributed by atoms with Gasteiger partial charge in [-0.3, -0.25) is 0 Å². The molecule has 0 saturated heterocycles. The topological polar surface area (TPSA) is 50.4 Å². The van der Waals surface area contributed by atoms with Gasteiger partial charge in [0, 0.05) is 17.8 Å². The first-order chi connectivity index (χ1) is 10.4. The lowest BCUT2D eigenvalue weighted by molar-refractivity contribution is -0.274. The molecule has 2 N–H and O–H groups in total. The Balaban J connectivity index is 1.95. The molecule has 0 aliphatic rings. The maximum absolute atomic E-state index is 12.3. The predicted octanol–water partition coefficient (Wildman–Crippen LogP) is 3.91. The number of hydrogen-bond donors (Lipinski definition) is 2. The molecule has 0 radical (unpaired) electrons. The minimum atomic E-state index is -4.78. The molecular weight excluding hydrogens is 297 g/mol. The SMILES string of the molecule is O=C(NCc1ccccc1OC(F)(F)F)Nc1ccccc1. The van der Waals surface area contributed by atoms with Crippen LogP contribution in [0.3, 0.4) is 0 Å². The van der Waals surface area contributed by atoms with Crippen molar-refractivity contribution in [3.63, 3.8) is 0 Å². The number of hydrogen-bond acceptors (Lipinski definition) is 2. The largest absolute Gasteiger partial charge is 0.573 e. The molecule has 0 saturated carbocycles. The van der Waals surface area contributed by atoms with E-state index in [-0.39, 0.29) is 17.9 Å². The fourth-order valence-electron chi connectivity index (χ4n) is 1.75. The van der Waals surface area contributed by atoms with Crippen LogP contribution in [-0.4, -0.2) is 12.4 Å². The van der Waals surface area contributed by atoms with Crippen LogP contribution in [0.25, 0.3) is 0 Å². The third-order valence-electron chi connectivity index (χ3n) is 2.67. The van der Waals surface area contributed by atoms with Gasteiger partial charge in [-0.2, -0.15) is 0 Å². The second-order valence-electron chi connectivity index (χ2n) is 4.33. The molecule has 0 unspecified atom stereocenters. The number of amides is 2. The minimum Gasteiger partial charge on any atom is -0.405 e. The van der Waals surface area contributed by atoms with E-state index in [1.165, 1.54) is 18.2 Å². The van der Waals surface area contributed by atoms with Gasteiger partial charge < -0.3 is 15.4 Å². The van der Waals surface area contributed by atoms with Gasteiger partial charge >= 0.3 is 12.4 Å². The van der Waals surface area contributed by atoms with Crippen molar-refractivity contribution < 1.29 is 22.7 Å². The van der Waals surface area contributed by atoms with Crippen molar-refractivity contribution in [3.05, 3.63) is 60.2 Å². The highest BCUT2D eigenvalue weighted by atomic mass is 19.4. The van der Waals surface area contributed by atoms with Gasteiger partial charge in [0.05, 0.1) is 0 Å². The Morgan fingerprint density at radius 1 is 1.00 bits per heavy atom. The summed E-state index contributed by atoms with van der Waals surface area (Å²) < 4.78 is 40.8. The second-order valence-corrected chi connectivity index (χ2v) is 4.33. The maximum Gasteiger partial charge on any atom is 0.573 e. The molecule has 0 spiro atoms. The Morgan fingerprint density at radius 2 is 1.64 bits per heavy atom. The average Bonchev–Trinajstić information content (AvgIpc) is 2.46. The first kappa shape index (κ1) is 15.7. The summed E-state index contributed by atoms with van der Waals surface area (Å²) in [5.74, 6) is -0.338. The van der Waals surface area contributed by atoms with E-state index in [1.54, 1.807) is 36.4 Å². The molecule has 2 amide bonds. The van der Waals surface area contributed by atoms with Crippen molar-refractivity contribution in [2.24, 2.45) is 0 Å². The summed E-state index contributed by atoms with van der Waals surface area (Å²) in [7, 11) is 0. The zero-order valence-corrected chi connectivity index (χ0v) is 11.4. The van der Waals surface area contributed by atoms with Crippen LogP contribution in [0.15, 0.2) is 54.6 Å². The molecular formula is C15H13F3N2O2. The second kappa shape index (κ2) is 6.84. The third kappa shape index (κ3) is 5.01. The molecule has 2 aromatic carbocycles. The number of anilines is 1. The molecule has 22 heavy (non-hydrogen) atoms. The number of rotatable bonds is 4. The lowest BCUT2D eigenvalue weighted by atomic mass is 10.2. The number of para-hydroxylation sites is 2. The van der Waals surface area contributed by atoms with Gasteiger partial charge in [-0.25, -0.2) is 4.79 Å². The average molecular weight is 310 g/mol. The quantitative estimate of drug-likeness (QED) is 0.899. The molecule has 0 fully saturated rings. The van der Waals surface area contributed by atoms with Crippen LogP contribution in [0.2, 0.25) is 0 Å². The van der Waals surface area contributed by atoms with E-state index < -0.39 is 12.4 Å². The van der Waals surface area contributed by atoms with Crippen LogP contribution in [0, 0.1) is 0 Å². The molecule has 116 valence electrons. The fourth-order valence-corrected chi connectivity index (χ4v) is 1.75. The molecule has 0 heterocycles. The lowest BCUT2D eigenvalue weighted by Crippen LogP contribution is -2.28.